The zero-order valence-electron chi connectivity index (χ0n) is 13.1. The quantitative estimate of drug-likeness (QED) is 0.515. The molecule has 0 bridgehead atoms. The fourth-order valence-corrected chi connectivity index (χ4v) is 5.26. The molecule has 0 amide bonds. The van der Waals surface area contributed by atoms with Gasteiger partial charge in [-0.1, -0.05) is 53.4 Å². The lowest BCUT2D eigenvalue weighted by Gasteiger charge is -2.08. The molecule has 4 aromatic rings. The molecule has 3 heterocycles. The number of aromatic amines is 1. The molecule has 0 aliphatic heterocycles. The summed E-state index contributed by atoms with van der Waals surface area (Å²) < 4.78 is 0.754. The van der Waals surface area contributed by atoms with E-state index in [0.717, 1.165) is 20.3 Å². The number of fused-ring (bicyclic) bond motifs is 1. The molecule has 1 unspecified atom stereocenters. The summed E-state index contributed by atoms with van der Waals surface area (Å²) in [5.74, 6) is 0.623. The maximum Gasteiger partial charge on any atom is 0.260 e. The number of nitrogen functional groups attached to an aromatic ring is 1. The van der Waals surface area contributed by atoms with Crippen LogP contribution in [0.5, 0.6) is 0 Å². The van der Waals surface area contributed by atoms with Crippen LogP contribution in [0.4, 0.5) is 5.13 Å². The monoisotopic (exact) mass is 387 g/mol. The van der Waals surface area contributed by atoms with E-state index < -0.39 is 0 Å². The Morgan fingerprint density at radius 3 is 2.76 bits per heavy atom. The molecular formula is C16H13N5OS3. The van der Waals surface area contributed by atoms with E-state index in [0.29, 0.717) is 16.3 Å². The van der Waals surface area contributed by atoms with Gasteiger partial charge in [-0.05, 0) is 12.5 Å². The lowest BCUT2D eigenvalue weighted by molar-refractivity contribution is 0.919. The summed E-state index contributed by atoms with van der Waals surface area (Å²) in [4.78, 5) is 21.0. The van der Waals surface area contributed by atoms with E-state index in [1.165, 1.54) is 34.4 Å². The number of thioether (sulfide) groups is 1. The molecule has 0 fully saturated rings. The molecule has 126 valence electrons. The second-order valence-corrected chi connectivity index (χ2v) is 8.77. The van der Waals surface area contributed by atoms with Gasteiger partial charge in [0.25, 0.3) is 5.56 Å². The number of rotatable bonds is 4. The Morgan fingerprint density at radius 1 is 1.24 bits per heavy atom. The van der Waals surface area contributed by atoms with Crippen LogP contribution in [0.1, 0.15) is 18.0 Å². The minimum absolute atomic E-state index is 0.0632. The molecule has 9 heteroatoms. The molecule has 3 N–H and O–H groups in total. The highest BCUT2D eigenvalue weighted by molar-refractivity contribution is 8.01. The zero-order chi connectivity index (χ0) is 17.4. The van der Waals surface area contributed by atoms with Gasteiger partial charge in [0.05, 0.1) is 10.6 Å². The van der Waals surface area contributed by atoms with Gasteiger partial charge >= 0.3 is 0 Å². The zero-order valence-corrected chi connectivity index (χ0v) is 15.5. The van der Waals surface area contributed by atoms with Crippen molar-refractivity contribution in [1.82, 2.24) is 20.2 Å². The topological polar surface area (TPSA) is 97.5 Å². The summed E-state index contributed by atoms with van der Waals surface area (Å²) in [7, 11) is 0. The Kier molecular flexibility index (Phi) is 4.28. The van der Waals surface area contributed by atoms with Gasteiger partial charge in [0.1, 0.15) is 10.7 Å². The van der Waals surface area contributed by atoms with Crippen LogP contribution < -0.4 is 11.3 Å². The second-order valence-electron chi connectivity index (χ2n) is 5.31. The SMILES string of the molecule is CC(Sc1nnc(N)s1)c1nc2scc(-c3ccccc3)c2c(=O)[nH]1. The average Bonchev–Trinajstić information content (AvgIpc) is 3.22. The maximum atomic E-state index is 12.7. The molecular weight excluding hydrogens is 374 g/mol. The Bertz CT molecular complexity index is 1090. The number of aromatic nitrogens is 4. The van der Waals surface area contributed by atoms with Crippen LogP contribution in [0.25, 0.3) is 21.3 Å². The predicted molar refractivity (Wildman–Crippen MR) is 104 cm³/mol. The van der Waals surface area contributed by atoms with Crippen molar-refractivity contribution in [2.24, 2.45) is 0 Å². The number of anilines is 1. The summed E-state index contributed by atoms with van der Waals surface area (Å²) in [6.45, 7) is 1.97. The van der Waals surface area contributed by atoms with Crippen molar-refractivity contribution < 1.29 is 0 Å². The third-order valence-corrected chi connectivity index (χ3v) is 6.45. The van der Waals surface area contributed by atoms with Crippen LogP contribution in [-0.4, -0.2) is 20.2 Å². The number of nitrogens with zero attached hydrogens (tertiary/aromatic N) is 3. The molecule has 0 saturated carbocycles. The van der Waals surface area contributed by atoms with Crippen LogP contribution in [-0.2, 0) is 0 Å². The van der Waals surface area contributed by atoms with E-state index in [1.807, 2.05) is 42.6 Å². The van der Waals surface area contributed by atoms with Crippen molar-refractivity contribution in [2.75, 3.05) is 5.73 Å². The summed E-state index contributed by atoms with van der Waals surface area (Å²) in [6.07, 6.45) is 0. The van der Waals surface area contributed by atoms with Gasteiger partial charge in [-0.15, -0.1) is 21.5 Å². The first-order valence-electron chi connectivity index (χ1n) is 7.44. The minimum Gasteiger partial charge on any atom is -0.374 e. The average molecular weight is 388 g/mol. The molecule has 25 heavy (non-hydrogen) atoms. The number of benzene rings is 1. The van der Waals surface area contributed by atoms with Gasteiger partial charge < -0.3 is 10.7 Å². The van der Waals surface area contributed by atoms with Crippen LogP contribution >= 0.6 is 34.4 Å². The lowest BCUT2D eigenvalue weighted by Crippen LogP contribution is -2.12. The highest BCUT2D eigenvalue weighted by Crippen LogP contribution is 2.36. The van der Waals surface area contributed by atoms with Gasteiger partial charge in [-0.3, -0.25) is 4.79 Å². The second kappa shape index (κ2) is 6.58. The van der Waals surface area contributed by atoms with E-state index in [9.17, 15) is 4.79 Å². The molecule has 0 aliphatic rings. The Morgan fingerprint density at radius 2 is 2.04 bits per heavy atom. The van der Waals surface area contributed by atoms with E-state index >= 15 is 0 Å². The molecule has 0 radical (unpaired) electrons. The molecule has 0 saturated heterocycles. The normalized spacial score (nSPS) is 12.5. The van der Waals surface area contributed by atoms with E-state index in [2.05, 4.69) is 20.2 Å². The van der Waals surface area contributed by atoms with Gasteiger partial charge in [0.15, 0.2) is 4.34 Å². The van der Waals surface area contributed by atoms with Crippen LogP contribution in [0.3, 0.4) is 0 Å². The maximum absolute atomic E-state index is 12.7. The highest BCUT2D eigenvalue weighted by atomic mass is 32.2. The number of hydrogen-bond donors (Lipinski definition) is 2. The van der Waals surface area contributed by atoms with E-state index in [1.54, 1.807) is 0 Å². The number of H-pyrrole nitrogens is 1. The van der Waals surface area contributed by atoms with Crippen molar-refractivity contribution in [3.8, 4) is 11.1 Å². The van der Waals surface area contributed by atoms with Gasteiger partial charge in [-0.25, -0.2) is 4.98 Å². The third kappa shape index (κ3) is 3.17. The van der Waals surface area contributed by atoms with Gasteiger partial charge in [0.2, 0.25) is 5.13 Å². The lowest BCUT2D eigenvalue weighted by atomic mass is 10.1. The van der Waals surface area contributed by atoms with Crippen molar-refractivity contribution in [1.29, 1.82) is 0 Å². The fourth-order valence-electron chi connectivity index (χ4n) is 2.46. The molecule has 0 spiro atoms. The molecule has 3 aromatic heterocycles. The van der Waals surface area contributed by atoms with Crippen LogP contribution in [0.2, 0.25) is 0 Å². The summed E-state index contributed by atoms with van der Waals surface area (Å²) in [6, 6.07) is 9.86. The fraction of sp³-hybridized carbons (Fsp3) is 0.125. The van der Waals surface area contributed by atoms with Crippen LogP contribution in [0, 0.1) is 0 Å². The summed E-state index contributed by atoms with van der Waals surface area (Å²) in [5.41, 5.74) is 7.42. The summed E-state index contributed by atoms with van der Waals surface area (Å²) in [5, 5.41) is 10.8. The van der Waals surface area contributed by atoms with E-state index in [4.69, 9.17) is 5.73 Å². The number of hydrogen-bond acceptors (Lipinski definition) is 8. The largest absolute Gasteiger partial charge is 0.374 e. The first kappa shape index (κ1) is 16.2. The number of thiophene rings is 1. The highest BCUT2D eigenvalue weighted by Gasteiger charge is 2.17. The summed E-state index contributed by atoms with van der Waals surface area (Å²) >= 11 is 4.28. The first-order chi connectivity index (χ1) is 12.1. The minimum atomic E-state index is -0.121. The Labute approximate surface area is 155 Å². The van der Waals surface area contributed by atoms with Crippen molar-refractivity contribution in [3.05, 3.63) is 51.9 Å². The third-order valence-electron chi connectivity index (χ3n) is 3.63. The van der Waals surface area contributed by atoms with Gasteiger partial charge in [-0.2, -0.15) is 0 Å². The van der Waals surface area contributed by atoms with Crippen molar-refractivity contribution in [3.63, 3.8) is 0 Å². The molecule has 1 atom stereocenters. The molecule has 0 aliphatic carbocycles. The van der Waals surface area contributed by atoms with Crippen molar-refractivity contribution in [2.45, 2.75) is 16.5 Å². The van der Waals surface area contributed by atoms with Crippen LogP contribution in [0.15, 0.2) is 44.8 Å². The number of nitrogens with one attached hydrogen (secondary N) is 1. The Balaban J connectivity index is 1.72. The smallest absolute Gasteiger partial charge is 0.260 e. The predicted octanol–water partition coefficient (Wildman–Crippen LogP) is 3.94. The number of nitrogens with two attached hydrogens (primary N) is 1. The molecule has 1 aromatic carbocycles. The molecule has 4 rings (SSSR count). The molecule has 6 nitrogen and oxygen atoms in total. The standard InChI is InChI=1S/C16H13N5OS3/c1-8(24-16-21-20-15(17)25-16)12-18-13(22)11-10(7-23-14(11)19-12)9-5-3-2-4-6-9/h2-8H,1H3,(H2,17,20)(H,18,19,22). The van der Waals surface area contributed by atoms with E-state index in [-0.39, 0.29) is 10.8 Å². The van der Waals surface area contributed by atoms with Gasteiger partial charge in [0, 0.05) is 10.9 Å². The van der Waals surface area contributed by atoms with Crippen molar-refractivity contribution >= 4 is 49.8 Å². The Hall–Kier alpha value is -2.23. The first-order valence-corrected chi connectivity index (χ1v) is 10.0.